The fourth-order valence-electron chi connectivity index (χ4n) is 1.53. The van der Waals surface area contributed by atoms with Crippen molar-refractivity contribution in [1.29, 1.82) is 0 Å². The van der Waals surface area contributed by atoms with Gasteiger partial charge in [-0.3, -0.25) is 0 Å². The molecule has 1 aromatic rings. The Bertz CT molecular complexity index is 307. The second-order valence-electron chi connectivity index (χ2n) is 4.84. The molecule has 0 aliphatic carbocycles. The van der Waals surface area contributed by atoms with E-state index < -0.39 is 0 Å². The van der Waals surface area contributed by atoms with Crippen molar-refractivity contribution in [1.82, 2.24) is 0 Å². The quantitative estimate of drug-likeness (QED) is 0.786. The van der Waals surface area contributed by atoms with E-state index in [0.29, 0.717) is 5.92 Å². The smallest absolute Gasteiger partial charge is 0.119 e. The Hall–Kier alpha value is -1.02. The maximum absolute atomic E-state index is 5.93. The van der Waals surface area contributed by atoms with Crippen molar-refractivity contribution in [3.8, 4) is 5.75 Å². The molecule has 2 nitrogen and oxygen atoms in total. The van der Waals surface area contributed by atoms with Crippen LogP contribution in [0.2, 0.25) is 0 Å². The van der Waals surface area contributed by atoms with Gasteiger partial charge in [0.2, 0.25) is 0 Å². The minimum Gasteiger partial charge on any atom is -0.493 e. The van der Waals surface area contributed by atoms with Crippen LogP contribution in [0.15, 0.2) is 24.3 Å². The summed E-state index contributed by atoms with van der Waals surface area (Å²) in [5, 5.41) is 0. The molecule has 0 amide bonds. The first kappa shape index (κ1) is 14.0. The number of ether oxygens (including phenoxy) is 1. The summed E-state index contributed by atoms with van der Waals surface area (Å²) in [5.41, 5.74) is 7.22. The topological polar surface area (TPSA) is 35.2 Å². The molecule has 2 atom stereocenters. The molecular formula is C15H25NO. The summed E-state index contributed by atoms with van der Waals surface area (Å²) in [7, 11) is 0. The highest BCUT2D eigenvalue weighted by Gasteiger charge is 2.03. The maximum atomic E-state index is 5.93. The van der Waals surface area contributed by atoms with E-state index in [9.17, 15) is 0 Å². The molecule has 2 heteroatoms. The summed E-state index contributed by atoms with van der Waals surface area (Å²) in [6.45, 7) is 7.30. The van der Waals surface area contributed by atoms with Crippen molar-refractivity contribution in [2.75, 3.05) is 6.61 Å². The zero-order chi connectivity index (χ0) is 12.7. The van der Waals surface area contributed by atoms with Crippen LogP contribution in [0.4, 0.5) is 0 Å². The van der Waals surface area contributed by atoms with E-state index in [2.05, 4.69) is 32.9 Å². The summed E-state index contributed by atoms with van der Waals surface area (Å²) in [4.78, 5) is 0. The number of rotatable bonds is 7. The molecule has 0 fully saturated rings. The molecule has 2 unspecified atom stereocenters. The van der Waals surface area contributed by atoms with Gasteiger partial charge in [0.25, 0.3) is 0 Å². The first-order valence-corrected chi connectivity index (χ1v) is 6.63. The molecule has 0 aromatic heterocycles. The minimum absolute atomic E-state index is 0.266. The van der Waals surface area contributed by atoms with Crippen molar-refractivity contribution in [3.63, 3.8) is 0 Å². The minimum atomic E-state index is 0.266. The summed E-state index contributed by atoms with van der Waals surface area (Å²) in [6, 6.07) is 8.57. The fraction of sp³-hybridized carbons (Fsp3) is 0.600. The van der Waals surface area contributed by atoms with Gasteiger partial charge < -0.3 is 10.5 Å². The predicted octanol–water partition coefficient (Wildman–Crippen LogP) is 3.39. The molecule has 1 rings (SSSR count). The number of hydrogen-bond donors (Lipinski definition) is 1. The monoisotopic (exact) mass is 235 g/mol. The molecular weight excluding hydrogens is 210 g/mol. The average molecular weight is 235 g/mol. The molecule has 0 bridgehead atoms. The maximum Gasteiger partial charge on any atom is 0.119 e. The van der Waals surface area contributed by atoms with Crippen molar-refractivity contribution >= 4 is 0 Å². The zero-order valence-corrected chi connectivity index (χ0v) is 11.3. The van der Waals surface area contributed by atoms with E-state index in [1.807, 2.05) is 12.1 Å². The van der Waals surface area contributed by atoms with Crippen molar-refractivity contribution in [3.05, 3.63) is 29.8 Å². The standard InChI is InChI=1S/C15H25NO/c1-4-12(3)11-17-15-8-6-13(7-9-15)10-14(16)5-2/h6-9,12,14H,4-5,10-11,16H2,1-3H3. The lowest BCUT2D eigenvalue weighted by molar-refractivity contribution is 0.256. The van der Waals surface area contributed by atoms with Gasteiger partial charge >= 0.3 is 0 Å². The lowest BCUT2D eigenvalue weighted by atomic mass is 10.0. The first-order valence-electron chi connectivity index (χ1n) is 6.63. The lowest BCUT2D eigenvalue weighted by Crippen LogP contribution is -2.21. The van der Waals surface area contributed by atoms with Gasteiger partial charge in [-0.25, -0.2) is 0 Å². The van der Waals surface area contributed by atoms with Crippen LogP contribution in [0.1, 0.15) is 39.2 Å². The normalized spacial score (nSPS) is 14.4. The molecule has 17 heavy (non-hydrogen) atoms. The number of hydrogen-bond acceptors (Lipinski definition) is 2. The van der Waals surface area contributed by atoms with E-state index in [4.69, 9.17) is 10.5 Å². The largest absolute Gasteiger partial charge is 0.493 e. The van der Waals surface area contributed by atoms with E-state index in [-0.39, 0.29) is 6.04 Å². The zero-order valence-electron chi connectivity index (χ0n) is 11.3. The molecule has 0 radical (unpaired) electrons. The van der Waals surface area contributed by atoms with E-state index in [1.165, 1.54) is 5.56 Å². The van der Waals surface area contributed by atoms with Crippen molar-refractivity contribution < 1.29 is 4.74 Å². The molecule has 0 saturated heterocycles. The van der Waals surface area contributed by atoms with Crippen molar-refractivity contribution in [2.45, 2.75) is 46.1 Å². The third kappa shape index (κ3) is 5.22. The summed E-state index contributed by atoms with van der Waals surface area (Å²) >= 11 is 0. The molecule has 0 spiro atoms. The third-order valence-electron chi connectivity index (χ3n) is 3.18. The molecule has 0 saturated carbocycles. The predicted molar refractivity (Wildman–Crippen MR) is 73.4 cm³/mol. The Morgan fingerprint density at radius 2 is 1.76 bits per heavy atom. The highest BCUT2D eigenvalue weighted by atomic mass is 16.5. The van der Waals surface area contributed by atoms with Crippen LogP contribution >= 0.6 is 0 Å². The molecule has 0 heterocycles. The van der Waals surface area contributed by atoms with Crippen LogP contribution in [0.25, 0.3) is 0 Å². The molecule has 96 valence electrons. The van der Waals surface area contributed by atoms with Gasteiger partial charge in [-0.05, 0) is 36.5 Å². The molecule has 2 N–H and O–H groups in total. The Balaban J connectivity index is 2.44. The number of nitrogens with two attached hydrogens (primary N) is 1. The molecule has 1 aromatic carbocycles. The second kappa shape index (κ2) is 7.33. The van der Waals surface area contributed by atoms with Gasteiger partial charge in [0, 0.05) is 6.04 Å². The number of benzene rings is 1. The SMILES string of the molecule is CCC(C)COc1ccc(CC(N)CC)cc1. The van der Waals surface area contributed by atoms with E-state index >= 15 is 0 Å². The Kier molecular flexibility index (Phi) is 6.06. The Morgan fingerprint density at radius 3 is 2.29 bits per heavy atom. The van der Waals surface area contributed by atoms with E-state index in [1.54, 1.807) is 0 Å². The Morgan fingerprint density at radius 1 is 1.12 bits per heavy atom. The summed E-state index contributed by atoms with van der Waals surface area (Å²) < 4.78 is 5.71. The van der Waals surface area contributed by atoms with Gasteiger partial charge in [-0.1, -0.05) is 39.3 Å². The molecule has 0 aliphatic heterocycles. The van der Waals surface area contributed by atoms with Crippen LogP contribution in [-0.2, 0) is 6.42 Å². The van der Waals surface area contributed by atoms with Gasteiger partial charge in [-0.2, -0.15) is 0 Å². The first-order chi connectivity index (χ1) is 8.15. The van der Waals surface area contributed by atoms with Crippen LogP contribution in [-0.4, -0.2) is 12.6 Å². The third-order valence-corrected chi connectivity index (χ3v) is 3.18. The highest BCUT2D eigenvalue weighted by molar-refractivity contribution is 5.27. The van der Waals surface area contributed by atoms with Crippen LogP contribution in [0.5, 0.6) is 5.75 Å². The fourth-order valence-corrected chi connectivity index (χ4v) is 1.53. The second-order valence-corrected chi connectivity index (χ2v) is 4.84. The average Bonchev–Trinajstić information content (AvgIpc) is 2.37. The van der Waals surface area contributed by atoms with Gasteiger partial charge in [0.05, 0.1) is 6.61 Å². The van der Waals surface area contributed by atoms with Gasteiger partial charge in [0.1, 0.15) is 5.75 Å². The van der Waals surface area contributed by atoms with Crippen LogP contribution in [0.3, 0.4) is 0 Å². The van der Waals surface area contributed by atoms with Gasteiger partial charge in [-0.15, -0.1) is 0 Å². The summed E-state index contributed by atoms with van der Waals surface area (Å²) in [6.07, 6.45) is 3.12. The highest BCUT2D eigenvalue weighted by Crippen LogP contribution is 2.15. The van der Waals surface area contributed by atoms with E-state index in [0.717, 1.165) is 31.6 Å². The lowest BCUT2D eigenvalue weighted by Gasteiger charge is -2.12. The van der Waals surface area contributed by atoms with Gasteiger partial charge in [0.15, 0.2) is 0 Å². The summed E-state index contributed by atoms with van der Waals surface area (Å²) in [5.74, 6) is 1.57. The van der Waals surface area contributed by atoms with Crippen LogP contribution < -0.4 is 10.5 Å². The van der Waals surface area contributed by atoms with Crippen molar-refractivity contribution in [2.24, 2.45) is 11.7 Å². The van der Waals surface area contributed by atoms with Crippen LogP contribution in [0, 0.1) is 5.92 Å². The Labute approximate surface area is 105 Å². The molecule has 0 aliphatic rings.